The van der Waals surface area contributed by atoms with Gasteiger partial charge in [-0.3, -0.25) is 14.4 Å². The molecule has 2 amide bonds. The highest BCUT2D eigenvalue weighted by Gasteiger charge is 2.18. The van der Waals surface area contributed by atoms with Crippen LogP contribution in [0.2, 0.25) is 0 Å². The van der Waals surface area contributed by atoms with E-state index in [4.69, 9.17) is 4.74 Å². The molecule has 17 heavy (non-hydrogen) atoms. The number of esters is 1. The third kappa shape index (κ3) is 6.55. The monoisotopic (exact) mass is 244 g/mol. The largest absolute Gasteiger partial charge is 0.466 e. The zero-order valence-electron chi connectivity index (χ0n) is 10.8. The fourth-order valence-electron chi connectivity index (χ4n) is 1.30. The minimum atomic E-state index is -0.584. The molecule has 1 atom stereocenters. The van der Waals surface area contributed by atoms with E-state index in [1.54, 1.807) is 20.9 Å². The first kappa shape index (κ1) is 15.4. The minimum Gasteiger partial charge on any atom is -0.466 e. The number of nitrogens with zero attached hydrogens (tertiary/aromatic N) is 1. The van der Waals surface area contributed by atoms with Crippen molar-refractivity contribution < 1.29 is 19.1 Å². The quantitative estimate of drug-likeness (QED) is 0.663. The standard InChI is InChI=1S/C11H20N2O4/c1-5-17-10(15)6-7-13(4)11(16)8(2)12-9(3)14/h8H,5-7H2,1-4H3,(H,12,14). The van der Waals surface area contributed by atoms with Gasteiger partial charge in [-0.2, -0.15) is 0 Å². The predicted molar refractivity (Wildman–Crippen MR) is 62.2 cm³/mol. The number of rotatable bonds is 6. The van der Waals surface area contributed by atoms with Crippen LogP contribution in [0.1, 0.15) is 27.2 Å². The molecule has 98 valence electrons. The summed E-state index contributed by atoms with van der Waals surface area (Å²) in [5.74, 6) is -0.825. The van der Waals surface area contributed by atoms with Gasteiger partial charge in [0.2, 0.25) is 11.8 Å². The van der Waals surface area contributed by atoms with E-state index in [-0.39, 0.29) is 30.7 Å². The van der Waals surface area contributed by atoms with E-state index in [9.17, 15) is 14.4 Å². The number of amides is 2. The maximum Gasteiger partial charge on any atom is 0.307 e. The molecule has 6 heteroatoms. The number of carbonyl (C=O) groups is 3. The van der Waals surface area contributed by atoms with Crippen molar-refractivity contribution in [2.75, 3.05) is 20.2 Å². The van der Waals surface area contributed by atoms with Gasteiger partial charge in [-0.15, -0.1) is 0 Å². The summed E-state index contributed by atoms with van der Waals surface area (Å²) < 4.78 is 4.75. The molecule has 0 heterocycles. The second-order valence-electron chi connectivity index (χ2n) is 3.74. The summed E-state index contributed by atoms with van der Waals surface area (Å²) in [6.45, 7) is 5.29. The van der Waals surface area contributed by atoms with E-state index < -0.39 is 6.04 Å². The molecule has 0 rings (SSSR count). The molecular formula is C11H20N2O4. The summed E-state index contributed by atoms with van der Waals surface area (Å²) in [5.41, 5.74) is 0. The Bertz CT molecular complexity index is 291. The summed E-state index contributed by atoms with van der Waals surface area (Å²) in [7, 11) is 1.58. The Hall–Kier alpha value is -1.59. The molecule has 0 bridgehead atoms. The maximum absolute atomic E-state index is 11.7. The zero-order chi connectivity index (χ0) is 13.4. The number of nitrogens with one attached hydrogen (secondary N) is 1. The molecule has 0 aromatic heterocycles. The van der Waals surface area contributed by atoms with Crippen LogP contribution in [-0.2, 0) is 19.1 Å². The second-order valence-corrected chi connectivity index (χ2v) is 3.74. The van der Waals surface area contributed by atoms with E-state index in [0.29, 0.717) is 6.61 Å². The van der Waals surface area contributed by atoms with Crippen LogP contribution >= 0.6 is 0 Å². The summed E-state index contributed by atoms with van der Waals surface area (Å²) in [4.78, 5) is 35.0. The number of ether oxygens (including phenoxy) is 1. The van der Waals surface area contributed by atoms with Gasteiger partial charge >= 0.3 is 5.97 Å². The second kappa shape index (κ2) is 7.65. The van der Waals surface area contributed by atoms with Crippen molar-refractivity contribution in [2.24, 2.45) is 0 Å². The van der Waals surface area contributed by atoms with Crippen molar-refractivity contribution >= 4 is 17.8 Å². The fraction of sp³-hybridized carbons (Fsp3) is 0.727. The zero-order valence-corrected chi connectivity index (χ0v) is 10.8. The van der Waals surface area contributed by atoms with Crippen molar-refractivity contribution in [1.29, 1.82) is 0 Å². The Kier molecular flexibility index (Phi) is 6.93. The van der Waals surface area contributed by atoms with Gasteiger partial charge in [0, 0.05) is 20.5 Å². The lowest BCUT2D eigenvalue weighted by atomic mass is 10.2. The molecule has 0 saturated heterocycles. The van der Waals surface area contributed by atoms with E-state index in [0.717, 1.165) is 0 Å². The molecular weight excluding hydrogens is 224 g/mol. The Labute approximate surface area is 101 Å². The van der Waals surface area contributed by atoms with E-state index in [1.165, 1.54) is 11.8 Å². The van der Waals surface area contributed by atoms with Crippen LogP contribution < -0.4 is 5.32 Å². The summed E-state index contributed by atoms with van der Waals surface area (Å²) in [6.07, 6.45) is 0.156. The molecule has 0 aromatic rings. The fourth-order valence-corrected chi connectivity index (χ4v) is 1.30. The first-order valence-electron chi connectivity index (χ1n) is 5.56. The van der Waals surface area contributed by atoms with Crippen LogP contribution in [0.15, 0.2) is 0 Å². The van der Waals surface area contributed by atoms with E-state index in [1.807, 2.05) is 0 Å². The van der Waals surface area contributed by atoms with Gasteiger partial charge in [-0.25, -0.2) is 0 Å². The average molecular weight is 244 g/mol. The third-order valence-electron chi connectivity index (χ3n) is 2.12. The normalized spacial score (nSPS) is 11.5. The molecule has 0 aliphatic rings. The molecule has 6 nitrogen and oxygen atoms in total. The van der Waals surface area contributed by atoms with Crippen LogP contribution in [0.5, 0.6) is 0 Å². The number of hydrogen-bond acceptors (Lipinski definition) is 4. The molecule has 1 N–H and O–H groups in total. The Balaban J connectivity index is 4.04. The SMILES string of the molecule is CCOC(=O)CCN(C)C(=O)C(C)NC(C)=O. The average Bonchev–Trinajstić information content (AvgIpc) is 2.24. The van der Waals surface area contributed by atoms with Crippen molar-refractivity contribution in [1.82, 2.24) is 10.2 Å². The Morgan fingerprint density at radius 1 is 1.35 bits per heavy atom. The van der Waals surface area contributed by atoms with Crippen LogP contribution in [-0.4, -0.2) is 48.9 Å². The first-order chi connectivity index (χ1) is 7.88. The summed E-state index contributed by atoms with van der Waals surface area (Å²) in [6, 6.07) is -0.584. The lowest BCUT2D eigenvalue weighted by Gasteiger charge is -2.21. The molecule has 0 spiro atoms. The van der Waals surface area contributed by atoms with Crippen molar-refractivity contribution in [3.63, 3.8) is 0 Å². The Morgan fingerprint density at radius 2 is 1.94 bits per heavy atom. The van der Waals surface area contributed by atoms with Crippen LogP contribution in [0, 0.1) is 0 Å². The van der Waals surface area contributed by atoms with Crippen molar-refractivity contribution in [3.05, 3.63) is 0 Å². The molecule has 0 radical (unpaired) electrons. The summed E-state index contributed by atoms with van der Waals surface area (Å²) in [5, 5.41) is 2.49. The third-order valence-corrected chi connectivity index (χ3v) is 2.12. The van der Waals surface area contributed by atoms with Gasteiger partial charge in [-0.05, 0) is 13.8 Å². The summed E-state index contributed by atoms with van der Waals surface area (Å²) >= 11 is 0. The lowest BCUT2D eigenvalue weighted by molar-refractivity contribution is -0.144. The van der Waals surface area contributed by atoms with E-state index in [2.05, 4.69) is 5.32 Å². The topological polar surface area (TPSA) is 75.7 Å². The molecule has 0 aliphatic heterocycles. The Morgan fingerprint density at radius 3 is 2.41 bits per heavy atom. The molecule has 0 aromatic carbocycles. The molecule has 0 saturated carbocycles. The molecule has 0 aliphatic carbocycles. The highest BCUT2D eigenvalue weighted by Crippen LogP contribution is 1.96. The van der Waals surface area contributed by atoms with Gasteiger partial charge in [0.05, 0.1) is 13.0 Å². The number of likely N-dealkylation sites (N-methyl/N-ethyl adjacent to an activating group) is 1. The number of carbonyl (C=O) groups excluding carboxylic acids is 3. The van der Waals surface area contributed by atoms with Crippen molar-refractivity contribution in [2.45, 2.75) is 33.2 Å². The highest BCUT2D eigenvalue weighted by molar-refractivity contribution is 5.86. The van der Waals surface area contributed by atoms with Gasteiger partial charge < -0.3 is 15.0 Å². The minimum absolute atomic E-state index is 0.156. The van der Waals surface area contributed by atoms with Crippen molar-refractivity contribution in [3.8, 4) is 0 Å². The lowest BCUT2D eigenvalue weighted by Crippen LogP contribution is -2.45. The number of hydrogen-bond donors (Lipinski definition) is 1. The van der Waals surface area contributed by atoms with Gasteiger partial charge in [0.15, 0.2) is 0 Å². The van der Waals surface area contributed by atoms with Gasteiger partial charge in [0.25, 0.3) is 0 Å². The van der Waals surface area contributed by atoms with Crippen LogP contribution in [0.4, 0.5) is 0 Å². The molecule has 1 unspecified atom stereocenters. The van der Waals surface area contributed by atoms with E-state index >= 15 is 0 Å². The maximum atomic E-state index is 11.7. The van der Waals surface area contributed by atoms with Crippen LogP contribution in [0.3, 0.4) is 0 Å². The van der Waals surface area contributed by atoms with Crippen LogP contribution in [0.25, 0.3) is 0 Å². The first-order valence-corrected chi connectivity index (χ1v) is 5.56. The van der Waals surface area contributed by atoms with Gasteiger partial charge in [0.1, 0.15) is 6.04 Å². The highest BCUT2D eigenvalue weighted by atomic mass is 16.5. The predicted octanol–water partition coefficient (Wildman–Crippen LogP) is -0.0774. The molecule has 0 fully saturated rings. The van der Waals surface area contributed by atoms with Gasteiger partial charge in [-0.1, -0.05) is 0 Å². The smallest absolute Gasteiger partial charge is 0.307 e.